The molecular formula is C18H18Br3Cl6N. The topological polar surface area (TPSA) is 3.24 Å². The maximum absolute atomic E-state index is 3.67. The van der Waals surface area contributed by atoms with Crippen LogP contribution >= 0.6 is 122 Å². The lowest BCUT2D eigenvalue weighted by Crippen LogP contribution is -2.11. The molecule has 0 aliphatic rings. The van der Waals surface area contributed by atoms with Crippen molar-refractivity contribution >= 4 is 139 Å². The standard InChI is InChI=1S/C18H12Br3N.6ClH/c19-13-7-1-4-10-16(13)22(17-11-5-2-8-14(17)20)18-12-6-3-9-15(18)21;;;;;;/h1-12H;6*1H. The molecule has 0 bridgehead atoms. The van der Waals surface area contributed by atoms with Gasteiger partial charge in [0.1, 0.15) is 0 Å². The van der Waals surface area contributed by atoms with Crippen LogP contribution < -0.4 is 4.90 Å². The van der Waals surface area contributed by atoms with Crippen molar-refractivity contribution in [3.63, 3.8) is 0 Å². The highest BCUT2D eigenvalue weighted by atomic mass is 79.9. The molecule has 0 aliphatic carbocycles. The van der Waals surface area contributed by atoms with Crippen LogP contribution in [0.15, 0.2) is 86.2 Å². The Kier molecular flexibility index (Phi) is 22.3. The Morgan fingerprint density at radius 3 is 0.821 bits per heavy atom. The Hall–Kier alpha value is 0.640. The lowest BCUT2D eigenvalue weighted by molar-refractivity contribution is 1.25. The highest BCUT2D eigenvalue weighted by molar-refractivity contribution is 9.11. The normalized spacial score (nSPS) is 8.25. The van der Waals surface area contributed by atoms with Gasteiger partial charge in [0.15, 0.2) is 0 Å². The number of rotatable bonds is 3. The van der Waals surface area contributed by atoms with E-state index in [1.165, 1.54) is 0 Å². The van der Waals surface area contributed by atoms with Gasteiger partial charge in [0.05, 0.1) is 17.1 Å². The van der Waals surface area contributed by atoms with Gasteiger partial charge in [-0.25, -0.2) is 0 Å². The molecule has 158 valence electrons. The minimum Gasteiger partial charge on any atom is -0.307 e. The van der Waals surface area contributed by atoms with Gasteiger partial charge in [-0.1, -0.05) is 36.4 Å². The Labute approximate surface area is 228 Å². The molecule has 0 heterocycles. The van der Waals surface area contributed by atoms with Crippen molar-refractivity contribution in [3.05, 3.63) is 86.2 Å². The first-order valence-corrected chi connectivity index (χ1v) is 9.10. The van der Waals surface area contributed by atoms with Crippen LogP contribution in [0.2, 0.25) is 0 Å². The van der Waals surface area contributed by atoms with Gasteiger partial charge in [0.25, 0.3) is 0 Å². The summed E-state index contributed by atoms with van der Waals surface area (Å²) >= 11 is 11.0. The van der Waals surface area contributed by atoms with Gasteiger partial charge >= 0.3 is 0 Å². The molecule has 0 unspecified atom stereocenters. The van der Waals surface area contributed by atoms with Crippen molar-refractivity contribution in [2.45, 2.75) is 0 Å². The molecule has 0 spiro atoms. The number of benzene rings is 3. The van der Waals surface area contributed by atoms with Crippen molar-refractivity contribution in [1.29, 1.82) is 0 Å². The van der Waals surface area contributed by atoms with Crippen LogP contribution in [-0.2, 0) is 0 Å². The molecule has 0 saturated carbocycles. The molecular weight excluding hydrogens is 683 g/mol. The summed E-state index contributed by atoms with van der Waals surface area (Å²) in [6.07, 6.45) is 0. The van der Waals surface area contributed by atoms with Crippen LogP contribution in [0.3, 0.4) is 0 Å². The third-order valence-corrected chi connectivity index (χ3v) is 5.29. The summed E-state index contributed by atoms with van der Waals surface area (Å²) < 4.78 is 3.13. The number of halogens is 9. The monoisotopic (exact) mass is 695 g/mol. The van der Waals surface area contributed by atoms with Gasteiger partial charge in [-0.05, 0) is 84.2 Å². The van der Waals surface area contributed by atoms with E-state index < -0.39 is 0 Å². The molecule has 10 heteroatoms. The summed E-state index contributed by atoms with van der Waals surface area (Å²) in [6.45, 7) is 0. The first-order valence-electron chi connectivity index (χ1n) is 6.72. The third-order valence-electron chi connectivity index (χ3n) is 3.28. The average molecular weight is 701 g/mol. The Morgan fingerprint density at radius 2 is 0.607 bits per heavy atom. The predicted molar refractivity (Wildman–Crippen MR) is 148 cm³/mol. The molecule has 0 aliphatic heterocycles. The summed E-state index contributed by atoms with van der Waals surface area (Å²) in [5.74, 6) is 0. The molecule has 1 nitrogen and oxygen atoms in total. The molecule has 3 rings (SSSR count). The lowest BCUT2D eigenvalue weighted by atomic mass is 10.2. The third kappa shape index (κ3) is 8.41. The first kappa shape index (κ1) is 36.0. The number of para-hydroxylation sites is 3. The number of hydrogen-bond acceptors (Lipinski definition) is 1. The fourth-order valence-electron chi connectivity index (χ4n) is 2.29. The van der Waals surface area contributed by atoms with Crippen molar-refractivity contribution < 1.29 is 0 Å². The van der Waals surface area contributed by atoms with Gasteiger partial charge in [-0.15, -0.1) is 74.4 Å². The fourth-order valence-corrected chi connectivity index (χ4v) is 3.67. The summed E-state index contributed by atoms with van der Waals surface area (Å²) in [7, 11) is 0. The highest BCUT2D eigenvalue weighted by Crippen LogP contribution is 2.44. The Balaban J connectivity index is -0.000000480. The summed E-state index contributed by atoms with van der Waals surface area (Å²) in [6, 6.07) is 24.6. The van der Waals surface area contributed by atoms with Gasteiger partial charge in [-0.2, -0.15) is 0 Å². The average Bonchev–Trinajstić information content (AvgIpc) is 2.53. The number of anilines is 3. The van der Waals surface area contributed by atoms with E-state index in [-0.39, 0.29) is 74.4 Å². The Bertz CT molecular complexity index is 714. The van der Waals surface area contributed by atoms with E-state index in [1.807, 2.05) is 36.4 Å². The highest BCUT2D eigenvalue weighted by Gasteiger charge is 2.18. The summed E-state index contributed by atoms with van der Waals surface area (Å²) in [5.41, 5.74) is 3.25. The predicted octanol–water partition coefficient (Wildman–Crippen LogP) is 9.97. The van der Waals surface area contributed by atoms with Gasteiger partial charge in [-0.3, -0.25) is 0 Å². The molecule has 0 aromatic heterocycles. The van der Waals surface area contributed by atoms with Crippen molar-refractivity contribution in [2.75, 3.05) is 4.90 Å². The van der Waals surface area contributed by atoms with Gasteiger partial charge in [0, 0.05) is 13.4 Å². The van der Waals surface area contributed by atoms with Gasteiger partial charge < -0.3 is 4.90 Å². The quantitative estimate of drug-likeness (QED) is 0.263. The van der Waals surface area contributed by atoms with Crippen LogP contribution in [-0.4, -0.2) is 0 Å². The number of hydrogen-bond donors (Lipinski definition) is 0. The second kappa shape index (κ2) is 17.3. The van der Waals surface area contributed by atoms with Crippen LogP contribution in [0.5, 0.6) is 0 Å². The largest absolute Gasteiger partial charge is 0.307 e. The van der Waals surface area contributed by atoms with E-state index in [9.17, 15) is 0 Å². The zero-order valence-electron chi connectivity index (χ0n) is 14.0. The van der Waals surface area contributed by atoms with Crippen LogP contribution in [0.1, 0.15) is 0 Å². The van der Waals surface area contributed by atoms with E-state index in [0.29, 0.717) is 0 Å². The zero-order valence-corrected chi connectivity index (χ0v) is 23.6. The minimum absolute atomic E-state index is 0. The fraction of sp³-hybridized carbons (Fsp3) is 0. The molecule has 28 heavy (non-hydrogen) atoms. The summed E-state index contributed by atoms with van der Waals surface area (Å²) in [4.78, 5) is 2.22. The van der Waals surface area contributed by atoms with Crippen LogP contribution in [0.25, 0.3) is 0 Å². The van der Waals surface area contributed by atoms with Crippen LogP contribution in [0.4, 0.5) is 17.1 Å². The van der Waals surface area contributed by atoms with E-state index in [1.54, 1.807) is 0 Å². The van der Waals surface area contributed by atoms with E-state index >= 15 is 0 Å². The molecule has 0 radical (unpaired) electrons. The van der Waals surface area contributed by atoms with Crippen molar-refractivity contribution in [3.8, 4) is 0 Å². The maximum atomic E-state index is 3.67. The van der Waals surface area contributed by atoms with E-state index in [0.717, 1.165) is 30.5 Å². The number of nitrogens with zero attached hydrogens (tertiary/aromatic N) is 1. The molecule has 0 amide bonds. The lowest BCUT2D eigenvalue weighted by Gasteiger charge is -2.28. The first-order chi connectivity index (χ1) is 10.7. The van der Waals surface area contributed by atoms with Crippen molar-refractivity contribution in [2.24, 2.45) is 0 Å². The Morgan fingerprint density at radius 1 is 0.393 bits per heavy atom. The van der Waals surface area contributed by atoms with Gasteiger partial charge in [0.2, 0.25) is 0 Å². The van der Waals surface area contributed by atoms with E-state index in [2.05, 4.69) is 89.1 Å². The second-order valence-electron chi connectivity index (χ2n) is 4.69. The molecule has 0 atom stereocenters. The smallest absolute Gasteiger partial charge is 0.0604 e. The van der Waals surface area contributed by atoms with Crippen LogP contribution in [0, 0.1) is 0 Å². The second-order valence-corrected chi connectivity index (χ2v) is 7.25. The SMILES string of the molecule is Brc1ccccc1N(c1ccccc1Br)c1ccccc1Br.Cl.Cl.Cl.Cl.Cl.Cl. The zero-order chi connectivity index (χ0) is 15.5. The van der Waals surface area contributed by atoms with Crippen molar-refractivity contribution in [1.82, 2.24) is 0 Å². The molecule has 0 N–H and O–H groups in total. The van der Waals surface area contributed by atoms with E-state index in [4.69, 9.17) is 0 Å². The molecule has 0 fully saturated rings. The summed E-state index contributed by atoms with van der Waals surface area (Å²) in [5, 5.41) is 0. The maximum Gasteiger partial charge on any atom is 0.0604 e. The molecule has 0 saturated heterocycles. The molecule has 3 aromatic carbocycles. The molecule has 3 aromatic rings. The minimum atomic E-state index is 0.